The Kier molecular flexibility index (Phi) is 4.47. The van der Waals surface area contributed by atoms with E-state index in [0.717, 1.165) is 6.54 Å². The fraction of sp³-hybridized carbons (Fsp3) is 0.545. The van der Waals surface area contributed by atoms with Crippen LogP contribution in [0.25, 0.3) is 0 Å². The van der Waals surface area contributed by atoms with Crippen molar-refractivity contribution in [2.45, 2.75) is 32.7 Å². The van der Waals surface area contributed by atoms with Gasteiger partial charge in [0.25, 0.3) is 0 Å². The van der Waals surface area contributed by atoms with Crippen LogP contribution in [0.5, 0.6) is 0 Å². The third-order valence-corrected chi connectivity index (χ3v) is 2.17. The third-order valence-electron chi connectivity index (χ3n) is 2.17. The van der Waals surface area contributed by atoms with E-state index in [2.05, 4.69) is 30.2 Å². The monoisotopic (exact) mass is 178 g/mol. The number of unbranched alkanes of at least 4 members (excludes halogenated alkanes) is 1. The summed E-state index contributed by atoms with van der Waals surface area (Å²) in [4.78, 5) is 4.09. The maximum atomic E-state index is 4.09. The van der Waals surface area contributed by atoms with Gasteiger partial charge in [0, 0.05) is 18.4 Å². The number of rotatable bonds is 5. The van der Waals surface area contributed by atoms with Crippen molar-refractivity contribution in [3.63, 3.8) is 0 Å². The second kappa shape index (κ2) is 5.70. The zero-order valence-corrected chi connectivity index (χ0v) is 8.46. The summed E-state index contributed by atoms with van der Waals surface area (Å²) in [7, 11) is 0. The van der Waals surface area contributed by atoms with Crippen molar-refractivity contribution in [2.24, 2.45) is 0 Å². The molecule has 0 radical (unpaired) electrons. The average molecular weight is 178 g/mol. The van der Waals surface area contributed by atoms with Crippen LogP contribution < -0.4 is 5.32 Å². The molecule has 2 nitrogen and oxygen atoms in total. The second-order valence-electron chi connectivity index (χ2n) is 3.32. The maximum absolute atomic E-state index is 4.09. The van der Waals surface area contributed by atoms with Gasteiger partial charge < -0.3 is 5.32 Å². The molecular weight excluding hydrogens is 160 g/mol. The molecule has 1 heterocycles. The van der Waals surface area contributed by atoms with Crippen molar-refractivity contribution >= 4 is 0 Å². The number of hydrogen-bond acceptors (Lipinski definition) is 2. The molecular formula is C11H18N2. The molecule has 2 heteroatoms. The Morgan fingerprint density at radius 3 is 3.00 bits per heavy atom. The van der Waals surface area contributed by atoms with Crippen LogP contribution in [0.15, 0.2) is 24.5 Å². The molecule has 0 aliphatic heterocycles. The Balaban J connectivity index is 2.35. The minimum Gasteiger partial charge on any atom is -0.310 e. The molecule has 0 spiro atoms. The van der Waals surface area contributed by atoms with Gasteiger partial charge in [-0.1, -0.05) is 19.4 Å². The molecule has 0 aliphatic carbocycles. The van der Waals surface area contributed by atoms with E-state index in [1.807, 2.05) is 18.5 Å². The van der Waals surface area contributed by atoms with E-state index < -0.39 is 0 Å². The first-order valence-corrected chi connectivity index (χ1v) is 4.98. The van der Waals surface area contributed by atoms with Gasteiger partial charge >= 0.3 is 0 Å². The summed E-state index contributed by atoms with van der Waals surface area (Å²) >= 11 is 0. The highest BCUT2D eigenvalue weighted by atomic mass is 14.9. The normalized spacial score (nSPS) is 12.8. The zero-order valence-electron chi connectivity index (χ0n) is 8.46. The summed E-state index contributed by atoms with van der Waals surface area (Å²) in [6.45, 7) is 5.47. The summed E-state index contributed by atoms with van der Waals surface area (Å²) < 4.78 is 0. The van der Waals surface area contributed by atoms with Crippen LogP contribution in [0.4, 0.5) is 0 Å². The van der Waals surface area contributed by atoms with Gasteiger partial charge in [0.05, 0.1) is 0 Å². The lowest BCUT2D eigenvalue weighted by Crippen LogP contribution is -2.19. The number of pyridine rings is 1. The van der Waals surface area contributed by atoms with E-state index in [1.54, 1.807) is 0 Å². The predicted molar refractivity (Wildman–Crippen MR) is 55.6 cm³/mol. The van der Waals surface area contributed by atoms with Gasteiger partial charge in [-0.25, -0.2) is 0 Å². The lowest BCUT2D eigenvalue weighted by Gasteiger charge is -2.12. The third kappa shape index (κ3) is 3.55. The van der Waals surface area contributed by atoms with Crippen molar-refractivity contribution in [1.82, 2.24) is 10.3 Å². The fourth-order valence-corrected chi connectivity index (χ4v) is 1.25. The van der Waals surface area contributed by atoms with Crippen LogP contribution in [-0.2, 0) is 0 Å². The molecule has 0 aromatic carbocycles. The van der Waals surface area contributed by atoms with Gasteiger partial charge in [-0.2, -0.15) is 0 Å². The van der Waals surface area contributed by atoms with Gasteiger partial charge in [-0.15, -0.1) is 0 Å². The van der Waals surface area contributed by atoms with Crippen molar-refractivity contribution in [2.75, 3.05) is 6.54 Å². The lowest BCUT2D eigenvalue weighted by atomic mass is 10.1. The maximum Gasteiger partial charge on any atom is 0.0315 e. The van der Waals surface area contributed by atoms with Crippen LogP contribution in [0.3, 0.4) is 0 Å². The van der Waals surface area contributed by atoms with Crippen LogP contribution in [0, 0.1) is 0 Å². The highest BCUT2D eigenvalue weighted by molar-refractivity contribution is 5.12. The van der Waals surface area contributed by atoms with Crippen molar-refractivity contribution in [3.05, 3.63) is 30.1 Å². The van der Waals surface area contributed by atoms with E-state index in [9.17, 15) is 0 Å². The number of nitrogens with one attached hydrogen (secondary N) is 1. The first kappa shape index (κ1) is 10.2. The summed E-state index contributed by atoms with van der Waals surface area (Å²) in [5.41, 5.74) is 1.26. The van der Waals surface area contributed by atoms with Crippen molar-refractivity contribution < 1.29 is 0 Å². The molecule has 0 aliphatic rings. The lowest BCUT2D eigenvalue weighted by molar-refractivity contribution is 0.553. The van der Waals surface area contributed by atoms with E-state index in [4.69, 9.17) is 0 Å². The smallest absolute Gasteiger partial charge is 0.0315 e. The predicted octanol–water partition coefficient (Wildman–Crippen LogP) is 2.53. The number of hydrogen-bond donors (Lipinski definition) is 1. The number of nitrogens with zero attached hydrogens (tertiary/aromatic N) is 1. The molecule has 0 fully saturated rings. The standard InChI is InChI=1S/C11H18N2/c1-3-4-8-13-10(2)11-6-5-7-12-9-11/h5-7,9-10,13H,3-4,8H2,1-2H3. The Hall–Kier alpha value is -0.890. The molecule has 1 atom stereocenters. The fourth-order valence-electron chi connectivity index (χ4n) is 1.25. The summed E-state index contributed by atoms with van der Waals surface area (Å²) in [5, 5.41) is 3.46. The van der Waals surface area contributed by atoms with E-state index in [-0.39, 0.29) is 0 Å². The van der Waals surface area contributed by atoms with Crippen LogP contribution in [-0.4, -0.2) is 11.5 Å². The number of aromatic nitrogens is 1. The molecule has 0 saturated carbocycles. The molecule has 1 aromatic rings. The molecule has 72 valence electrons. The van der Waals surface area contributed by atoms with E-state index >= 15 is 0 Å². The topological polar surface area (TPSA) is 24.9 Å². The molecule has 1 N–H and O–H groups in total. The van der Waals surface area contributed by atoms with Gasteiger partial charge in [0.15, 0.2) is 0 Å². The molecule has 1 unspecified atom stereocenters. The van der Waals surface area contributed by atoms with Crippen LogP contribution in [0.1, 0.15) is 38.3 Å². The molecule has 0 amide bonds. The molecule has 13 heavy (non-hydrogen) atoms. The van der Waals surface area contributed by atoms with Crippen molar-refractivity contribution in [3.8, 4) is 0 Å². The minimum absolute atomic E-state index is 0.417. The first-order chi connectivity index (χ1) is 6.34. The van der Waals surface area contributed by atoms with Gasteiger partial charge in [-0.3, -0.25) is 4.98 Å². The minimum atomic E-state index is 0.417. The highest BCUT2D eigenvalue weighted by Crippen LogP contribution is 2.09. The van der Waals surface area contributed by atoms with Crippen LogP contribution in [0.2, 0.25) is 0 Å². The van der Waals surface area contributed by atoms with E-state index in [0.29, 0.717) is 6.04 Å². The SMILES string of the molecule is CCCCNC(C)c1cccnc1. The second-order valence-corrected chi connectivity index (χ2v) is 3.32. The van der Waals surface area contributed by atoms with Crippen molar-refractivity contribution in [1.29, 1.82) is 0 Å². The quantitative estimate of drug-likeness (QED) is 0.701. The Bertz CT molecular complexity index is 221. The molecule has 0 saturated heterocycles. The molecule has 0 bridgehead atoms. The summed E-state index contributed by atoms with van der Waals surface area (Å²) in [6.07, 6.45) is 6.21. The Morgan fingerprint density at radius 1 is 1.54 bits per heavy atom. The highest BCUT2D eigenvalue weighted by Gasteiger charge is 2.02. The molecule has 1 aromatic heterocycles. The van der Waals surface area contributed by atoms with Crippen LogP contribution >= 0.6 is 0 Å². The zero-order chi connectivity index (χ0) is 9.52. The van der Waals surface area contributed by atoms with Gasteiger partial charge in [0.1, 0.15) is 0 Å². The summed E-state index contributed by atoms with van der Waals surface area (Å²) in [5.74, 6) is 0. The molecule has 1 rings (SSSR count). The largest absolute Gasteiger partial charge is 0.310 e. The van der Waals surface area contributed by atoms with Gasteiger partial charge in [0.2, 0.25) is 0 Å². The Labute approximate surface area is 80.4 Å². The van der Waals surface area contributed by atoms with Gasteiger partial charge in [-0.05, 0) is 31.5 Å². The summed E-state index contributed by atoms with van der Waals surface area (Å²) in [6, 6.07) is 4.50. The Morgan fingerprint density at radius 2 is 2.38 bits per heavy atom. The van der Waals surface area contributed by atoms with E-state index in [1.165, 1.54) is 18.4 Å². The first-order valence-electron chi connectivity index (χ1n) is 4.98. The average Bonchev–Trinajstić information content (AvgIpc) is 2.19.